The second kappa shape index (κ2) is 6.80. The summed E-state index contributed by atoms with van der Waals surface area (Å²) < 4.78 is 5.17. The first kappa shape index (κ1) is 12.6. The second-order valence-electron chi connectivity index (χ2n) is 4.48. The van der Waals surface area contributed by atoms with Crippen molar-refractivity contribution in [3.05, 3.63) is 60.2 Å². The summed E-state index contributed by atoms with van der Waals surface area (Å²) in [6.45, 7) is 0.338. The summed E-state index contributed by atoms with van der Waals surface area (Å²) in [7, 11) is 0. The maximum absolute atomic E-state index is 11.5. The van der Waals surface area contributed by atoms with Crippen LogP contribution in [0.3, 0.4) is 0 Å². The van der Waals surface area contributed by atoms with Crippen LogP contribution in [0.25, 0.3) is 0 Å². The molecule has 0 saturated heterocycles. The molecule has 0 saturated carbocycles. The molecule has 0 N–H and O–H groups in total. The summed E-state index contributed by atoms with van der Waals surface area (Å²) in [4.78, 5) is 11.5. The smallest absolute Gasteiger partial charge is 0.330 e. The van der Waals surface area contributed by atoms with E-state index in [2.05, 4.69) is 12.2 Å². The van der Waals surface area contributed by atoms with Gasteiger partial charge in [0.1, 0.15) is 6.61 Å². The number of esters is 1. The normalized spacial score (nSPS) is 19.0. The number of benzene rings is 1. The van der Waals surface area contributed by atoms with Gasteiger partial charge in [-0.2, -0.15) is 0 Å². The van der Waals surface area contributed by atoms with Crippen molar-refractivity contribution in [2.24, 2.45) is 5.92 Å². The van der Waals surface area contributed by atoms with Gasteiger partial charge in [-0.15, -0.1) is 0 Å². The van der Waals surface area contributed by atoms with Gasteiger partial charge in [0.05, 0.1) is 0 Å². The molecule has 0 aromatic heterocycles. The highest BCUT2D eigenvalue weighted by Crippen LogP contribution is 2.17. The fraction of sp³-hybridized carbons (Fsp3) is 0.312. The van der Waals surface area contributed by atoms with Gasteiger partial charge in [0.15, 0.2) is 0 Å². The fourth-order valence-electron chi connectivity index (χ4n) is 1.98. The van der Waals surface area contributed by atoms with Crippen molar-refractivity contribution in [2.45, 2.75) is 25.9 Å². The first-order valence-electron chi connectivity index (χ1n) is 6.40. The maximum Gasteiger partial charge on any atom is 0.330 e. The predicted octanol–water partition coefficient (Wildman–Crippen LogP) is 3.64. The third-order valence-corrected chi connectivity index (χ3v) is 2.99. The number of carbonyl (C=O) groups is 1. The minimum absolute atomic E-state index is 0.266. The van der Waals surface area contributed by atoms with E-state index in [0.29, 0.717) is 12.5 Å². The summed E-state index contributed by atoms with van der Waals surface area (Å²) in [6, 6.07) is 9.71. The Labute approximate surface area is 108 Å². The number of hydrogen-bond acceptors (Lipinski definition) is 2. The quantitative estimate of drug-likeness (QED) is 0.458. The molecule has 0 radical (unpaired) electrons. The van der Waals surface area contributed by atoms with E-state index >= 15 is 0 Å². The number of allylic oxidation sites excluding steroid dienone is 3. The van der Waals surface area contributed by atoms with Gasteiger partial charge in [-0.05, 0) is 30.7 Å². The second-order valence-corrected chi connectivity index (χ2v) is 4.48. The lowest BCUT2D eigenvalue weighted by atomic mass is 9.96. The highest BCUT2D eigenvalue weighted by molar-refractivity contribution is 5.81. The molecular weight excluding hydrogens is 224 g/mol. The molecule has 2 rings (SSSR count). The molecule has 2 nitrogen and oxygen atoms in total. The van der Waals surface area contributed by atoms with E-state index in [0.717, 1.165) is 18.4 Å². The SMILES string of the molecule is O=C(/C=C/C1C=CCCC1)OCc1ccccc1. The van der Waals surface area contributed by atoms with E-state index < -0.39 is 0 Å². The summed E-state index contributed by atoms with van der Waals surface area (Å²) in [5.41, 5.74) is 1.01. The minimum Gasteiger partial charge on any atom is -0.458 e. The molecule has 0 spiro atoms. The lowest BCUT2D eigenvalue weighted by Gasteiger charge is -2.11. The van der Waals surface area contributed by atoms with E-state index in [9.17, 15) is 4.79 Å². The molecule has 1 aromatic rings. The molecule has 1 aliphatic carbocycles. The molecule has 1 aliphatic rings. The maximum atomic E-state index is 11.5. The molecule has 1 unspecified atom stereocenters. The van der Waals surface area contributed by atoms with Crippen LogP contribution in [0.5, 0.6) is 0 Å². The molecule has 1 atom stereocenters. The van der Waals surface area contributed by atoms with Crippen LogP contribution >= 0.6 is 0 Å². The fourth-order valence-corrected chi connectivity index (χ4v) is 1.98. The summed E-state index contributed by atoms with van der Waals surface area (Å²) in [6.07, 6.45) is 11.3. The van der Waals surface area contributed by atoms with Crippen LogP contribution < -0.4 is 0 Å². The molecular formula is C16H18O2. The van der Waals surface area contributed by atoms with Crippen molar-refractivity contribution in [3.63, 3.8) is 0 Å². The summed E-state index contributed by atoms with van der Waals surface area (Å²) >= 11 is 0. The van der Waals surface area contributed by atoms with Crippen molar-refractivity contribution in [2.75, 3.05) is 0 Å². The zero-order valence-corrected chi connectivity index (χ0v) is 10.4. The van der Waals surface area contributed by atoms with Gasteiger partial charge in [0.25, 0.3) is 0 Å². The molecule has 94 valence electrons. The van der Waals surface area contributed by atoms with Gasteiger partial charge >= 0.3 is 5.97 Å². The predicted molar refractivity (Wildman–Crippen MR) is 71.9 cm³/mol. The zero-order chi connectivity index (χ0) is 12.6. The highest BCUT2D eigenvalue weighted by Gasteiger charge is 2.05. The monoisotopic (exact) mass is 242 g/mol. The van der Waals surface area contributed by atoms with Crippen molar-refractivity contribution in [1.82, 2.24) is 0 Å². The average molecular weight is 242 g/mol. The molecule has 18 heavy (non-hydrogen) atoms. The third kappa shape index (κ3) is 4.21. The number of ether oxygens (including phenoxy) is 1. The van der Waals surface area contributed by atoms with Crippen LogP contribution in [0.2, 0.25) is 0 Å². The van der Waals surface area contributed by atoms with Gasteiger partial charge in [-0.1, -0.05) is 48.6 Å². The number of rotatable bonds is 4. The Morgan fingerprint density at radius 2 is 2.17 bits per heavy atom. The van der Waals surface area contributed by atoms with Crippen molar-refractivity contribution >= 4 is 5.97 Å². The molecule has 0 heterocycles. The Hall–Kier alpha value is -1.83. The Morgan fingerprint density at radius 1 is 1.33 bits per heavy atom. The number of carbonyl (C=O) groups excluding carboxylic acids is 1. The molecule has 2 heteroatoms. The van der Waals surface area contributed by atoms with E-state index in [1.807, 2.05) is 36.4 Å². The van der Waals surface area contributed by atoms with E-state index in [1.165, 1.54) is 6.42 Å². The van der Waals surface area contributed by atoms with Crippen molar-refractivity contribution in [3.8, 4) is 0 Å². The van der Waals surface area contributed by atoms with E-state index in [1.54, 1.807) is 6.08 Å². The highest BCUT2D eigenvalue weighted by atomic mass is 16.5. The van der Waals surface area contributed by atoms with Gasteiger partial charge in [0.2, 0.25) is 0 Å². The van der Waals surface area contributed by atoms with Crippen molar-refractivity contribution in [1.29, 1.82) is 0 Å². The average Bonchev–Trinajstić information content (AvgIpc) is 2.45. The molecule has 0 amide bonds. The Balaban J connectivity index is 1.76. The largest absolute Gasteiger partial charge is 0.458 e. The van der Waals surface area contributed by atoms with Crippen LogP contribution in [0.1, 0.15) is 24.8 Å². The van der Waals surface area contributed by atoms with Crippen molar-refractivity contribution < 1.29 is 9.53 Å². The first-order chi connectivity index (χ1) is 8.84. The summed E-state index contributed by atoms with van der Waals surface area (Å²) in [5, 5.41) is 0. The zero-order valence-electron chi connectivity index (χ0n) is 10.4. The van der Waals surface area contributed by atoms with Crippen LogP contribution in [-0.2, 0) is 16.1 Å². The third-order valence-electron chi connectivity index (χ3n) is 2.99. The number of hydrogen-bond donors (Lipinski definition) is 0. The first-order valence-corrected chi connectivity index (χ1v) is 6.40. The Morgan fingerprint density at radius 3 is 2.89 bits per heavy atom. The summed E-state index contributed by atoms with van der Waals surface area (Å²) in [5.74, 6) is 0.126. The molecule has 0 fully saturated rings. The van der Waals surface area contributed by atoms with Gasteiger partial charge < -0.3 is 4.74 Å². The lowest BCUT2D eigenvalue weighted by Crippen LogP contribution is -2.03. The van der Waals surface area contributed by atoms with Crippen LogP contribution in [0, 0.1) is 5.92 Å². The standard InChI is InChI=1S/C16H18O2/c17-16(12-11-14-7-3-1-4-8-14)18-13-15-9-5-2-6-10-15/h2-3,5-7,9-12,14H,1,4,8,13H2/b12-11+. The Kier molecular flexibility index (Phi) is 4.77. The molecule has 0 aliphatic heterocycles. The molecule has 0 bridgehead atoms. The van der Waals surface area contributed by atoms with Crippen LogP contribution in [0.4, 0.5) is 0 Å². The topological polar surface area (TPSA) is 26.3 Å². The van der Waals surface area contributed by atoms with E-state index in [-0.39, 0.29) is 5.97 Å². The van der Waals surface area contributed by atoms with Gasteiger partial charge in [-0.3, -0.25) is 0 Å². The van der Waals surface area contributed by atoms with Crippen LogP contribution in [0.15, 0.2) is 54.6 Å². The van der Waals surface area contributed by atoms with Gasteiger partial charge in [0, 0.05) is 6.08 Å². The Bertz CT molecular complexity index is 432. The van der Waals surface area contributed by atoms with Crippen LogP contribution in [-0.4, -0.2) is 5.97 Å². The minimum atomic E-state index is -0.266. The molecule has 1 aromatic carbocycles. The lowest BCUT2D eigenvalue weighted by molar-refractivity contribution is -0.139. The van der Waals surface area contributed by atoms with E-state index in [4.69, 9.17) is 4.74 Å². The van der Waals surface area contributed by atoms with Gasteiger partial charge in [-0.25, -0.2) is 4.79 Å².